The molecular formula is C9H8ClNO3. The van der Waals surface area contributed by atoms with Gasteiger partial charge in [0.25, 0.3) is 0 Å². The van der Waals surface area contributed by atoms with Gasteiger partial charge < -0.3 is 10.1 Å². The fourth-order valence-corrected chi connectivity index (χ4v) is 0.934. The third kappa shape index (κ3) is 2.74. The van der Waals surface area contributed by atoms with Crippen molar-refractivity contribution in [1.29, 1.82) is 0 Å². The summed E-state index contributed by atoms with van der Waals surface area (Å²) in [6.45, 7) is 0. The molecule has 1 N–H and O–H groups in total. The van der Waals surface area contributed by atoms with Gasteiger partial charge in [-0.2, -0.15) is 0 Å². The Labute approximate surface area is 85.8 Å². The zero-order chi connectivity index (χ0) is 10.6. The zero-order valence-electron chi connectivity index (χ0n) is 7.41. The van der Waals surface area contributed by atoms with E-state index in [4.69, 9.17) is 11.6 Å². The molecule has 5 heteroatoms. The molecular weight excluding hydrogens is 206 g/mol. The van der Waals surface area contributed by atoms with Gasteiger partial charge in [0.1, 0.15) is 0 Å². The maximum Gasteiger partial charge on any atom is 0.396 e. The van der Waals surface area contributed by atoms with Crippen LogP contribution in [0.4, 0.5) is 5.69 Å². The molecule has 1 amide bonds. The normalized spacial score (nSPS) is 9.29. The Morgan fingerprint density at radius 1 is 1.29 bits per heavy atom. The standard InChI is InChI=1S/C9H8ClNO3/c1-14-9(13)8(12)11-7-4-2-6(10)3-5-7/h2-5H,1H3,(H,11,12). The monoisotopic (exact) mass is 213 g/mol. The minimum Gasteiger partial charge on any atom is -0.462 e. The van der Waals surface area contributed by atoms with Crippen molar-refractivity contribution >= 4 is 29.2 Å². The van der Waals surface area contributed by atoms with Crippen LogP contribution in [0.3, 0.4) is 0 Å². The van der Waals surface area contributed by atoms with Gasteiger partial charge in [-0.05, 0) is 24.3 Å². The van der Waals surface area contributed by atoms with Gasteiger partial charge in [-0.1, -0.05) is 11.6 Å². The minimum absolute atomic E-state index is 0.491. The molecule has 0 spiro atoms. The number of ether oxygens (including phenoxy) is 1. The first-order valence-electron chi connectivity index (χ1n) is 3.78. The van der Waals surface area contributed by atoms with Crippen molar-refractivity contribution in [1.82, 2.24) is 0 Å². The van der Waals surface area contributed by atoms with Crippen LogP contribution in [0, 0.1) is 0 Å². The summed E-state index contributed by atoms with van der Waals surface area (Å²) in [4.78, 5) is 21.7. The van der Waals surface area contributed by atoms with Gasteiger partial charge in [-0.25, -0.2) is 4.79 Å². The lowest BCUT2D eigenvalue weighted by molar-refractivity contribution is -0.150. The van der Waals surface area contributed by atoms with Gasteiger partial charge in [-0.15, -0.1) is 0 Å². The van der Waals surface area contributed by atoms with Crippen molar-refractivity contribution in [2.45, 2.75) is 0 Å². The van der Waals surface area contributed by atoms with E-state index in [0.29, 0.717) is 10.7 Å². The fraction of sp³-hybridized carbons (Fsp3) is 0.111. The smallest absolute Gasteiger partial charge is 0.396 e. The molecule has 0 aliphatic heterocycles. The molecule has 0 bridgehead atoms. The van der Waals surface area contributed by atoms with E-state index in [1.54, 1.807) is 24.3 Å². The summed E-state index contributed by atoms with van der Waals surface area (Å²) in [6, 6.07) is 6.38. The van der Waals surface area contributed by atoms with Crippen LogP contribution in [0.2, 0.25) is 5.02 Å². The summed E-state index contributed by atoms with van der Waals surface area (Å²) in [5.74, 6) is -1.74. The molecule has 1 aromatic carbocycles. The molecule has 0 saturated carbocycles. The van der Waals surface area contributed by atoms with E-state index in [2.05, 4.69) is 10.1 Å². The molecule has 1 aromatic rings. The van der Waals surface area contributed by atoms with Gasteiger partial charge >= 0.3 is 11.9 Å². The molecule has 0 fully saturated rings. The summed E-state index contributed by atoms with van der Waals surface area (Å²) in [5.41, 5.74) is 0.491. The number of hydrogen-bond donors (Lipinski definition) is 1. The molecule has 4 nitrogen and oxygen atoms in total. The van der Waals surface area contributed by atoms with Crippen molar-refractivity contribution in [2.24, 2.45) is 0 Å². The Morgan fingerprint density at radius 3 is 2.36 bits per heavy atom. The Bertz CT molecular complexity index is 348. The molecule has 74 valence electrons. The topological polar surface area (TPSA) is 55.4 Å². The molecule has 0 radical (unpaired) electrons. The van der Waals surface area contributed by atoms with Crippen LogP contribution in [-0.2, 0) is 14.3 Å². The van der Waals surface area contributed by atoms with E-state index in [-0.39, 0.29) is 0 Å². The predicted octanol–water partition coefficient (Wildman–Crippen LogP) is 1.45. The van der Waals surface area contributed by atoms with Gasteiger partial charge in [0, 0.05) is 10.7 Å². The molecule has 0 unspecified atom stereocenters. The second-order valence-electron chi connectivity index (χ2n) is 2.45. The molecule has 0 aliphatic carbocycles. The first-order valence-corrected chi connectivity index (χ1v) is 4.16. The number of carbonyl (C=O) groups is 2. The van der Waals surface area contributed by atoms with E-state index in [9.17, 15) is 9.59 Å². The molecule has 0 aromatic heterocycles. The molecule has 0 aliphatic rings. The van der Waals surface area contributed by atoms with E-state index in [1.165, 1.54) is 0 Å². The first kappa shape index (κ1) is 10.5. The quantitative estimate of drug-likeness (QED) is 0.568. The second-order valence-corrected chi connectivity index (χ2v) is 2.89. The number of hydrogen-bond acceptors (Lipinski definition) is 3. The van der Waals surface area contributed by atoms with E-state index >= 15 is 0 Å². The molecule has 0 saturated heterocycles. The van der Waals surface area contributed by atoms with Crippen molar-refractivity contribution in [3.8, 4) is 0 Å². The van der Waals surface area contributed by atoms with Crippen LogP contribution in [0.25, 0.3) is 0 Å². The lowest BCUT2D eigenvalue weighted by Crippen LogP contribution is -2.23. The number of carbonyl (C=O) groups excluding carboxylic acids is 2. The summed E-state index contributed by atoms with van der Waals surface area (Å²) in [7, 11) is 1.14. The maximum atomic E-state index is 11.0. The average molecular weight is 214 g/mol. The van der Waals surface area contributed by atoms with Crippen molar-refractivity contribution in [3.05, 3.63) is 29.3 Å². The van der Waals surface area contributed by atoms with Crippen LogP contribution < -0.4 is 5.32 Å². The Kier molecular flexibility index (Phi) is 3.48. The lowest BCUT2D eigenvalue weighted by atomic mass is 10.3. The number of halogens is 1. The van der Waals surface area contributed by atoms with E-state index in [0.717, 1.165) is 7.11 Å². The zero-order valence-corrected chi connectivity index (χ0v) is 8.17. The first-order chi connectivity index (χ1) is 6.63. The van der Waals surface area contributed by atoms with Gasteiger partial charge in [0.05, 0.1) is 7.11 Å². The van der Waals surface area contributed by atoms with Crippen molar-refractivity contribution < 1.29 is 14.3 Å². The SMILES string of the molecule is COC(=O)C(=O)Nc1ccc(Cl)cc1. The third-order valence-corrected chi connectivity index (χ3v) is 1.72. The van der Waals surface area contributed by atoms with Crippen molar-refractivity contribution in [3.63, 3.8) is 0 Å². The lowest BCUT2D eigenvalue weighted by Gasteiger charge is -2.02. The number of benzene rings is 1. The maximum absolute atomic E-state index is 11.0. The number of methoxy groups -OCH3 is 1. The number of amides is 1. The van der Waals surface area contributed by atoms with Crippen molar-refractivity contribution in [2.75, 3.05) is 12.4 Å². The second kappa shape index (κ2) is 4.62. The minimum atomic E-state index is -0.931. The summed E-state index contributed by atoms with van der Waals surface area (Å²) < 4.78 is 4.23. The molecule has 0 heterocycles. The average Bonchev–Trinajstić information content (AvgIpc) is 2.20. The summed E-state index contributed by atoms with van der Waals surface area (Å²) in [6.07, 6.45) is 0. The highest BCUT2D eigenvalue weighted by molar-refractivity contribution is 6.37. The number of rotatable bonds is 1. The van der Waals surface area contributed by atoms with Crippen LogP contribution in [-0.4, -0.2) is 19.0 Å². The van der Waals surface area contributed by atoms with Gasteiger partial charge in [0.15, 0.2) is 0 Å². The highest BCUT2D eigenvalue weighted by Gasteiger charge is 2.12. The van der Waals surface area contributed by atoms with E-state index < -0.39 is 11.9 Å². The van der Waals surface area contributed by atoms with Gasteiger partial charge in [-0.3, -0.25) is 4.79 Å². The van der Waals surface area contributed by atoms with E-state index in [1.807, 2.05) is 0 Å². The van der Waals surface area contributed by atoms with Crippen LogP contribution in [0.15, 0.2) is 24.3 Å². The highest BCUT2D eigenvalue weighted by atomic mass is 35.5. The Hall–Kier alpha value is -1.55. The Balaban J connectivity index is 2.65. The van der Waals surface area contributed by atoms with Gasteiger partial charge in [0.2, 0.25) is 0 Å². The largest absolute Gasteiger partial charge is 0.462 e. The number of nitrogens with one attached hydrogen (secondary N) is 1. The molecule has 14 heavy (non-hydrogen) atoms. The van der Waals surface area contributed by atoms with Crippen LogP contribution in [0.5, 0.6) is 0 Å². The fourth-order valence-electron chi connectivity index (χ4n) is 0.808. The number of esters is 1. The summed E-state index contributed by atoms with van der Waals surface area (Å²) >= 11 is 5.63. The number of anilines is 1. The highest BCUT2D eigenvalue weighted by Crippen LogP contribution is 2.13. The molecule has 1 rings (SSSR count). The van der Waals surface area contributed by atoms with Crippen LogP contribution >= 0.6 is 11.6 Å². The predicted molar refractivity (Wildman–Crippen MR) is 52.1 cm³/mol. The Morgan fingerprint density at radius 2 is 1.86 bits per heavy atom. The summed E-state index contributed by atoms with van der Waals surface area (Å²) in [5, 5.41) is 2.90. The third-order valence-electron chi connectivity index (χ3n) is 1.47. The van der Waals surface area contributed by atoms with Crippen LogP contribution in [0.1, 0.15) is 0 Å². The molecule has 0 atom stereocenters.